The van der Waals surface area contributed by atoms with Crippen molar-refractivity contribution in [2.45, 2.75) is 34.1 Å². The molecule has 1 aromatic rings. The number of hydrogen-bond donors (Lipinski definition) is 0. The Labute approximate surface area is 86.1 Å². The largest absolute Gasteiger partial charge is 0.300 e. The maximum Gasteiger partial charge on any atom is 0.132 e. The van der Waals surface area contributed by atoms with E-state index in [1.54, 1.807) is 6.92 Å². The Kier molecular flexibility index (Phi) is 3.45. The van der Waals surface area contributed by atoms with Gasteiger partial charge in [0.1, 0.15) is 5.78 Å². The van der Waals surface area contributed by atoms with E-state index in [1.807, 2.05) is 6.92 Å². The van der Waals surface area contributed by atoms with Gasteiger partial charge in [0.25, 0.3) is 0 Å². The van der Waals surface area contributed by atoms with Crippen LogP contribution in [-0.2, 0) is 11.2 Å². The smallest absolute Gasteiger partial charge is 0.132 e. The first kappa shape index (κ1) is 11.0. The highest BCUT2D eigenvalue weighted by molar-refractivity contribution is 5.78. The Hall–Kier alpha value is -1.11. The molecular weight excluding hydrogens is 172 g/mol. The molecule has 0 spiro atoms. The SMILES string of the molecule is CC(=O)C(C)Cc1cc(C)cc(C)c1. The van der Waals surface area contributed by atoms with Gasteiger partial charge in [-0.15, -0.1) is 0 Å². The lowest BCUT2D eigenvalue weighted by atomic mass is 9.96. The second-order valence-electron chi connectivity index (χ2n) is 4.21. The van der Waals surface area contributed by atoms with Crippen LogP contribution in [0.4, 0.5) is 0 Å². The molecule has 0 radical (unpaired) electrons. The van der Waals surface area contributed by atoms with Crippen LogP contribution in [0.5, 0.6) is 0 Å². The monoisotopic (exact) mass is 190 g/mol. The van der Waals surface area contributed by atoms with Crippen LogP contribution >= 0.6 is 0 Å². The van der Waals surface area contributed by atoms with Gasteiger partial charge in [-0.05, 0) is 32.8 Å². The van der Waals surface area contributed by atoms with E-state index < -0.39 is 0 Å². The number of Topliss-reactive ketones (excluding diaryl/α,β-unsaturated/α-hetero) is 1. The van der Waals surface area contributed by atoms with Crippen molar-refractivity contribution in [3.05, 3.63) is 34.9 Å². The molecule has 0 heterocycles. The van der Waals surface area contributed by atoms with Crippen molar-refractivity contribution in [2.24, 2.45) is 5.92 Å². The number of ketones is 1. The Morgan fingerprint density at radius 1 is 1.21 bits per heavy atom. The lowest BCUT2D eigenvalue weighted by Gasteiger charge is -2.09. The Morgan fingerprint density at radius 3 is 2.14 bits per heavy atom. The quantitative estimate of drug-likeness (QED) is 0.716. The fourth-order valence-electron chi connectivity index (χ4n) is 1.68. The van der Waals surface area contributed by atoms with Crippen molar-refractivity contribution < 1.29 is 4.79 Å². The van der Waals surface area contributed by atoms with Gasteiger partial charge in [0.05, 0.1) is 0 Å². The number of rotatable bonds is 3. The molecule has 0 aliphatic rings. The zero-order valence-electron chi connectivity index (χ0n) is 9.42. The van der Waals surface area contributed by atoms with Crippen molar-refractivity contribution in [1.29, 1.82) is 0 Å². The number of benzene rings is 1. The summed E-state index contributed by atoms with van der Waals surface area (Å²) in [4.78, 5) is 11.1. The molecule has 1 atom stereocenters. The molecule has 0 saturated carbocycles. The minimum Gasteiger partial charge on any atom is -0.300 e. The van der Waals surface area contributed by atoms with Gasteiger partial charge in [-0.25, -0.2) is 0 Å². The predicted molar refractivity (Wildman–Crippen MR) is 59.5 cm³/mol. The van der Waals surface area contributed by atoms with E-state index in [9.17, 15) is 4.79 Å². The maximum atomic E-state index is 11.1. The lowest BCUT2D eigenvalue weighted by molar-refractivity contribution is -0.120. The van der Waals surface area contributed by atoms with Gasteiger partial charge < -0.3 is 0 Å². The molecule has 1 heteroatoms. The minimum absolute atomic E-state index is 0.135. The minimum atomic E-state index is 0.135. The van der Waals surface area contributed by atoms with Gasteiger partial charge in [0, 0.05) is 5.92 Å². The van der Waals surface area contributed by atoms with Crippen molar-refractivity contribution in [3.63, 3.8) is 0 Å². The van der Waals surface area contributed by atoms with E-state index in [0.717, 1.165) is 6.42 Å². The molecule has 76 valence electrons. The summed E-state index contributed by atoms with van der Waals surface area (Å²) >= 11 is 0. The van der Waals surface area contributed by atoms with Crippen LogP contribution in [0.2, 0.25) is 0 Å². The number of hydrogen-bond acceptors (Lipinski definition) is 1. The molecule has 1 unspecified atom stereocenters. The highest BCUT2D eigenvalue weighted by Gasteiger charge is 2.08. The molecule has 0 aliphatic heterocycles. The van der Waals surface area contributed by atoms with Crippen LogP contribution in [0.25, 0.3) is 0 Å². The van der Waals surface area contributed by atoms with E-state index in [0.29, 0.717) is 0 Å². The first-order valence-electron chi connectivity index (χ1n) is 5.06. The molecule has 0 saturated heterocycles. The normalized spacial score (nSPS) is 12.6. The zero-order valence-corrected chi connectivity index (χ0v) is 9.42. The van der Waals surface area contributed by atoms with Crippen LogP contribution in [0, 0.1) is 19.8 Å². The molecule has 1 aromatic carbocycles. The van der Waals surface area contributed by atoms with E-state index in [2.05, 4.69) is 32.0 Å². The summed E-state index contributed by atoms with van der Waals surface area (Å²) in [6.45, 7) is 7.83. The molecule has 0 aliphatic carbocycles. The van der Waals surface area contributed by atoms with Crippen molar-refractivity contribution >= 4 is 5.78 Å². The molecular formula is C13H18O. The van der Waals surface area contributed by atoms with Crippen LogP contribution < -0.4 is 0 Å². The summed E-state index contributed by atoms with van der Waals surface area (Å²) in [5.74, 6) is 0.403. The third-order valence-electron chi connectivity index (χ3n) is 2.52. The number of carbonyl (C=O) groups is 1. The van der Waals surface area contributed by atoms with Crippen molar-refractivity contribution in [3.8, 4) is 0 Å². The van der Waals surface area contributed by atoms with Gasteiger partial charge >= 0.3 is 0 Å². The molecule has 14 heavy (non-hydrogen) atoms. The van der Waals surface area contributed by atoms with Gasteiger partial charge in [0.15, 0.2) is 0 Å². The van der Waals surface area contributed by atoms with Gasteiger partial charge in [0.2, 0.25) is 0 Å². The second-order valence-corrected chi connectivity index (χ2v) is 4.21. The predicted octanol–water partition coefficient (Wildman–Crippen LogP) is 3.07. The van der Waals surface area contributed by atoms with Crippen LogP contribution in [0.1, 0.15) is 30.5 Å². The molecule has 1 rings (SSSR count). The summed E-state index contributed by atoms with van der Waals surface area (Å²) in [5, 5.41) is 0. The summed E-state index contributed by atoms with van der Waals surface area (Å²) in [6, 6.07) is 6.47. The third-order valence-corrected chi connectivity index (χ3v) is 2.52. The van der Waals surface area contributed by atoms with Crippen molar-refractivity contribution in [1.82, 2.24) is 0 Å². The first-order chi connectivity index (χ1) is 6.49. The standard InChI is InChI=1S/C13H18O/c1-9-5-10(2)7-13(6-9)8-11(3)12(4)14/h5-7,11H,8H2,1-4H3. The Balaban J connectivity index is 2.81. The number of aryl methyl sites for hydroxylation is 2. The zero-order chi connectivity index (χ0) is 10.7. The van der Waals surface area contributed by atoms with Gasteiger partial charge in [-0.1, -0.05) is 36.2 Å². The summed E-state index contributed by atoms with van der Waals surface area (Å²) in [6.07, 6.45) is 0.859. The summed E-state index contributed by atoms with van der Waals surface area (Å²) < 4.78 is 0. The van der Waals surface area contributed by atoms with Crippen molar-refractivity contribution in [2.75, 3.05) is 0 Å². The second kappa shape index (κ2) is 4.41. The third kappa shape index (κ3) is 2.99. The average molecular weight is 190 g/mol. The van der Waals surface area contributed by atoms with E-state index in [-0.39, 0.29) is 11.7 Å². The molecule has 0 aromatic heterocycles. The number of carbonyl (C=O) groups excluding carboxylic acids is 1. The lowest BCUT2D eigenvalue weighted by Crippen LogP contribution is -2.09. The highest BCUT2D eigenvalue weighted by Crippen LogP contribution is 2.13. The van der Waals surface area contributed by atoms with Gasteiger partial charge in [-0.3, -0.25) is 4.79 Å². The molecule has 0 N–H and O–H groups in total. The van der Waals surface area contributed by atoms with Crippen LogP contribution in [-0.4, -0.2) is 5.78 Å². The van der Waals surface area contributed by atoms with Crippen LogP contribution in [0.15, 0.2) is 18.2 Å². The molecule has 0 bridgehead atoms. The molecule has 0 amide bonds. The Morgan fingerprint density at radius 2 is 1.71 bits per heavy atom. The van der Waals surface area contributed by atoms with E-state index in [1.165, 1.54) is 16.7 Å². The fraction of sp³-hybridized carbons (Fsp3) is 0.462. The summed E-state index contributed by atoms with van der Waals surface area (Å²) in [5.41, 5.74) is 3.82. The Bertz CT molecular complexity index is 319. The average Bonchev–Trinajstić information content (AvgIpc) is 2.01. The maximum absolute atomic E-state index is 11.1. The molecule has 0 fully saturated rings. The van der Waals surface area contributed by atoms with E-state index in [4.69, 9.17) is 0 Å². The topological polar surface area (TPSA) is 17.1 Å². The molecule has 1 nitrogen and oxygen atoms in total. The first-order valence-corrected chi connectivity index (χ1v) is 5.06. The summed E-state index contributed by atoms with van der Waals surface area (Å²) in [7, 11) is 0. The van der Waals surface area contributed by atoms with E-state index >= 15 is 0 Å². The van der Waals surface area contributed by atoms with Gasteiger partial charge in [-0.2, -0.15) is 0 Å². The van der Waals surface area contributed by atoms with Crippen LogP contribution in [0.3, 0.4) is 0 Å². The fourth-order valence-corrected chi connectivity index (χ4v) is 1.68. The highest BCUT2D eigenvalue weighted by atomic mass is 16.1.